The summed E-state index contributed by atoms with van der Waals surface area (Å²) in [5, 5.41) is 2.65. The smallest absolute Gasteiger partial charge is 0.357 e. The van der Waals surface area contributed by atoms with Crippen molar-refractivity contribution in [3.8, 4) is 5.69 Å². The predicted molar refractivity (Wildman–Crippen MR) is 99.5 cm³/mol. The molecule has 0 aliphatic rings. The number of thiocarbonyl (C=S) groups is 1. The van der Waals surface area contributed by atoms with Gasteiger partial charge >= 0.3 is 5.97 Å². The lowest BCUT2D eigenvalue weighted by atomic mass is 10.2. The zero-order valence-corrected chi connectivity index (χ0v) is 14.9. The highest BCUT2D eigenvalue weighted by molar-refractivity contribution is 7.80. The van der Waals surface area contributed by atoms with Crippen LogP contribution in [0.15, 0.2) is 40.1 Å². The minimum Gasteiger partial charge on any atom is -0.461 e. The Labute approximate surface area is 154 Å². The van der Waals surface area contributed by atoms with Crippen LogP contribution in [0.5, 0.6) is 0 Å². The van der Waals surface area contributed by atoms with Gasteiger partial charge in [-0.15, -0.1) is 0 Å². The molecule has 0 aliphatic heterocycles. The number of hydrazine groups is 1. The highest BCUT2D eigenvalue weighted by Crippen LogP contribution is 2.08. The molecule has 1 aromatic carbocycles. The van der Waals surface area contributed by atoms with E-state index in [-0.39, 0.29) is 28.9 Å². The normalized spacial score (nSPS) is 10.5. The highest BCUT2D eigenvalue weighted by atomic mass is 32.1. The lowest BCUT2D eigenvalue weighted by Gasteiger charge is -2.02. The lowest BCUT2D eigenvalue weighted by Crippen LogP contribution is -2.38. The SMILES string of the molecule is CCOC(=O)c1[nH]n(-c2ccccc2)c(=O)c1/C=N/C(=S)NNC(C)=O. The number of benzene rings is 1. The topological polar surface area (TPSA) is 118 Å². The summed E-state index contributed by atoms with van der Waals surface area (Å²) >= 11 is 4.92. The van der Waals surface area contributed by atoms with Crippen molar-refractivity contribution in [1.82, 2.24) is 20.6 Å². The van der Waals surface area contributed by atoms with E-state index in [0.29, 0.717) is 5.69 Å². The molecule has 0 saturated carbocycles. The minimum atomic E-state index is -0.693. The average molecular weight is 375 g/mol. The number of nitrogens with one attached hydrogen (secondary N) is 3. The number of rotatable bonds is 4. The second-order valence-electron chi connectivity index (χ2n) is 4.97. The van der Waals surface area contributed by atoms with Crippen molar-refractivity contribution in [3.05, 3.63) is 51.9 Å². The van der Waals surface area contributed by atoms with Gasteiger partial charge in [-0.1, -0.05) is 18.2 Å². The molecular formula is C16H17N5O4S. The number of esters is 1. The minimum absolute atomic E-state index is 0.0146. The lowest BCUT2D eigenvalue weighted by molar-refractivity contribution is -0.119. The van der Waals surface area contributed by atoms with E-state index < -0.39 is 11.5 Å². The first-order valence-electron chi connectivity index (χ1n) is 7.62. The summed E-state index contributed by atoms with van der Waals surface area (Å²) < 4.78 is 6.18. The summed E-state index contributed by atoms with van der Waals surface area (Å²) in [7, 11) is 0. The summed E-state index contributed by atoms with van der Waals surface area (Å²) in [5.74, 6) is -1.05. The number of carbonyl (C=O) groups excluding carboxylic acids is 2. The Morgan fingerprint density at radius 2 is 2.00 bits per heavy atom. The molecule has 0 radical (unpaired) electrons. The number of hydrogen-bond donors (Lipinski definition) is 3. The van der Waals surface area contributed by atoms with Gasteiger partial charge in [-0.2, -0.15) is 0 Å². The number of amides is 1. The summed E-state index contributed by atoms with van der Waals surface area (Å²) in [6.07, 6.45) is 1.14. The molecule has 136 valence electrons. The quantitative estimate of drug-likeness (QED) is 0.313. The van der Waals surface area contributed by atoms with E-state index >= 15 is 0 Å². The Kier molecular flexibility index (Phi) is 6.39. The van der Waals surface area contributed by atoms with Gasteiger partial charge in [0.25, 0.3) is 5.56 Å². The van der Waals surface area contributed by atoms with Gasteiger partial charge in [-0.05, 0) is 31.3 Å². The van der Waals surface area contributed by atoms with Crippen LogP contribution in [0.2, 0.25) is 0 Å². The Balaban J connectivity index is 2.41. The summed E-state index contributed by atoms with van der Waals surface area (Å²) in [4.78, 5) is 39.6. The molecule has 0 unspecified atom stereocenters. The molecular weight excluding hydrogens is 358 g/mol. The van der Waals surface area contributed by atoms with Crippen LogP contribution < -0.4 is 16.4 Å². The average Bonchev–Trinajstić information content (AvgIpc) is 2.95. The number of ether oxygens (including phenoxy) is 1. The van der Waals surface area contributed by atoms with E-state index in [4.69, 9.17) is 17.0 Å². The largest absolute Gasteiger partial charge is 0.461 e. The first-order chi connectivity index (χ1) is 12.4. The van der Waals surface area contributed by atoms with E-state index in [1.54, 1.807) is 37.3 Å². The maximum atomic E-state index is 12.7. The van der Waals surface area contributed by atoms with Gasteiger partial charge in [0.2, 0.25) is 11.0 Å². The van der Waals surface area contributed by atoms with E-state index in [9.17, 15) is 14.4 Å². The Bertz CT molecular complexity index is 901. The number of hydrogen-bond acceptors (Lipinski definition) is 5. The summed E-state index contributed by atoms with van der Waals surface area (Å²) in [6.45, 7) is 3.10. The van der Waals surface area contributed by atoms with Crippen LogP contribution in [0.1, 0.15) is 29.9 Å². The van der Waals surface area contributed by atoms with Crippen LogP contribution in [-0.2, 0) is 9.53 Å². The van der Waals surface area contributed by atoms with Crippen LogP contribution in [0.4, 0.5) is 0 Å². The zero-order chi connectivity index (χ0) is 19.1. The van der Waals surface area contributed by atoms with Crippen molar-refractivity contribution in [2.75, 3.05) is 6.61 Å². The number of nitrogens with zero attached hydrogens (tertiary/aromatic N) is 2. The molecule has 0 bridgehead atoms. The first kappa shape index (κ1) is 19.1. The first-order valence-corrected chi connectivity index (χ1v) is 8.03. The van der Waals surface area contributed by atoms with E-state index in [1.165, 1.54) is 11.6 Å². The molecule has 10 heteroatoms. The van der Waals surface area contributed by atoms with Gasteiger partial charge in [-0.25, -0.2) is 14.5 Å². The Hall–Kier alpha value is -3.27. The van der Waals surface area contributed by atoms with Crippen LogP contribution >= 0.6 is 12.2 Å². The molecule has 2 aromatic rings. The Morgan fingerprint density at radius 3 is 2.62 bits per heavy atom. The van der Waals surface area contributed by atoms with E-state index in [2.05, 4.69) is 20.9 Å². The molecule has 1 aromatic heterocycles. The summed E-state index contributed by atoms with van der Waals surface area (Å²) in [6, 6.07) is 8.73. The maximum Gasteiger partial charge on any atom is 0.357 e. The number of carbonyl (C=O) groups is 2. The van der Waals surface area contributed by atoms with Gasteiger partial charge in [0.1, 0.15) is 0 Å². The molecule has 0 aliphatic carbocycles. The Morgan fingerprint density at radius 1 is 1.31 bits per heavy atom. The molecule has 9 nitrogen and oxygen atoms in total. The molecule has 0 saturated heterocycles. The number of aliphatic imine (C=N–C) groups is 1. The van der Waals surface area contributed by atoms with Gasteiger partial charge in [0.05, 0.1) is 17.9 Å². The van der Waals surface area contributed by atoms with Crippen LogP contribution in [0, 0.1) is 0 Å². The molecule has 0 atom stereocenters. The van der Waals surface area contributed by atoms with Crippen molar-refractivity contribution >= 4 is 35.4 Å². The molecule has 3 N–H and O–H groups in total. The van der Waals surface area contributed by atoms with Crippen molar-refractivity contribution in [1.29, 1.82) is 0 Å². The molecule has 0 spiro atoms. The maximum absolute atomic E-state index is 12.7. The standard InChI is InChI=1S/C16H17N5O4S/c1-3-25-15(24)13-12(9-17-16(26)19-18-10(2)22)14(23)21(20-13)11-7-5-4-6-8-11/h4-9,20H,3H2,1-2H3,(H,18,22)(H,19,26)/b17-9+. The van der Waals surface area contributed by atoms with Gasteiger partial charge in [0, 0.05) is 13.1 Å². The number of aromatic nitrogens is 2. The number of para-hydroxylation sites is 1. The second kappa shape index (κ2) is 8.72. The number of aromatic amines is 1. The van der Waals surface area contributed by atoms with Gasteiger partial charge in [0.15, 0.2) is 5.69 Å². The van der Waals surface area contributed by atoms with E-state index in [0.717, 1.165) is 6.21 Å². The van der Waals surface area contributed by atoms with Gasteiger partial charge in [-0.3, -0.25) is 25.5 Å². The molecule has 2 rings (SSSR count). The van der Waals surface area contributed by atoms with Crippen molar-refractivity contribution in [2.24, 2.45) is 4.99 Å². The van der Waals surface area contributed by atoms with Crippen molar-refractivity contribution in [3.63, 3.8) is 0 Å². The van der Waals surface area contributed by atoms with Crippen LogP contribution in [0.25, 0.3) is 5.69 Å². The molecule has 0 fully saturated rings. The third-order valence-corrected chi connectivity index (χ3v) is 3.28. The third kappa shape index (κ3) is 4.63. The second-order valence-corrected chi connectivity index (χ2v) is 5.35. The summed E-state index contributed by atoms with van der Waals surface area (Å²) in [5.41, 5.74) is 4.63. The zero-order valence-electron chi connectivity index (χ0n) is 14.1. The van der Waals surface area contributed by atoms with Crippen molar-refractivity contribution < 1.29 is 14.3 Å². The third-order valence-electron chi connectivity index (χ3n) is 3.08. The molecule has 1 amide bonds. The van der Waals surface area contributed by atoms with Crippen molar-refractivity contribution in [2.45, 2.75) is 13.8 Å². The fraction of sp³-hybridized carbons (Fsp3) is 0.188. The molecule has 1 heterocycles. The van der Waals surface area contributed by atoms with Gasteiger partial charge < -0.3 is 4.74 Å². The predicted octanol–water partition coefficient (Wildman–Crippen LogP) is 0.687. The van der Waals surface area contributed by atoms with Crippen LogP contribution in [-0.4, -0.2) is 39.6 Å². The van der Waals surface area contributed by atoms with Crippen LogP contribution in [0.3, 0.4) is 0 Å². The highest BCUT2D eigenvalue weighted by Gasteiger charge is 2.20. The molecule has 26 heavy (non-hydrogen) atoms. The fourth-order valence-corrected chi connectivity index (χ4v) is 2.09. The number of H-pyrrole nitrogens is 1. The van der Waals surface area contributed by atoms with E-state index in [1.807, 2.05) is 0 Å². The fourth-order valence-electron chi connectivity index (χ4n) is 1.98. The monoisotopic (exact) mass is 375 g/mol.